The number of carbonyl (C=O) groups is 1. The molecule has 2 aromatic carbocycles. The van der Waals surface area contributed by atoms with Crippen LogP contribution in [0.1, 0.15) is 13.8 Å². The highest BCUT2D eigenvalue weighted by Crippen LogP contribution is 2.39. The molecule has 0 aliphatic carbocycles. The molecule has 3 rings (SSSR count). The predicted molar refractivity (Wildman–Crippen MR) is 108 cm³/mol. The Labute approximate surface area is 152 Å². The summed E-state index contributed by atoms with van der Waals surface area (Å²) in [7, 11) is 1.73. The number of aliphatic imine (C=N–C) groups is 1. The van der Waals surface area contributed by atoms with Gasteiger partial charge < -0.3 is 15.8 Å². The Balaban J connectivity index is 0.00000117. The van der Waals surface area contributed by atoms with E-state index in [2.05, 4.69) is 15.3 Å². The van der Waals surface area contributed by atoms with Crippen LogP contribution in [0.2, 0.25) is 0 Å². The summed E-state index contributed by atoms with van der Waals surface area (Å²) >= 11 is 0. The van der Waals surface area contributed by atoms with E-state index in [1.807, 2.05) is 44.2 Å². The molecule has 0 unspecified atom stereocenters. The van der Waals surface area contributed by atoms with Crippen LogP contribution in [0, 0.1) is 0 Å². The maximum absolute atomic E-state index is 10.6. The van der Waals surface area contributed by atoms with E-state index in [4.69, 9.17) is 10.5 Å². The molecule has 0 saturated carbocycles. The zero-order chi connectivity index (χ0) is 18.9. The third-order valence-electron chi connectivity index (χ3n) is 3.53. The molecule has 1 aromatic heterocycles. The monoisotopic (exact) mass is 350 g/mol. The molecule has 6 nitrogen and oxygen atoms in total. The third-order valence-corrected chi connectivity index (χ3v) is 3.53. The van der Waals surface area contributed by atoms with E-state index in [1.165, 1.54) is 0 Å². The standard InChI is InChI=1S/C18H16N4O2.C2H6/c1-20-18-17(21-10-11-23)16(8-9-22-18)24-15-7-6-14(19)12-4-2-3-5-13(12)15;1-2/h2-11H,19H2,1H3,(H,20,22);1-2H3. The Bertz CT molecular complexity index is 923. The van der Waals surface area contributed by atoms with E-state index >= 15 is 0 Å². The number of nitrogens with one attached hydrogen (secondary N) is 1. The van der Waals surface area contributed by atoms with Crippen LogP contribution in [0.4, 0.5) is 17.2 Å². The van der Waals surface area contributed by atoms with Gasteiger partial charge in [-0.15, -0.1) is 0 Å². The third kappa shape index (κ3) is 3.97. The molecule has 134 valence electrons. The normalized spacial score (nSPS) is 10.3. The number of aromatic nitrogens is 1. The number of anilines is 2. The highest BCUT2D eigenvalue weighted by Gasteiger charge is 2.12. The highest BCUT2D eigenvalue weighted by molar-refractivity contribution is 6.14. The van der Waals surface area contributed by atoms with Crippen LogP contribution < -0.4 is 15.8 Å². The average Bonchev–Trinajstić information content (AvgIpc) is 2.70. The quantitative estimate of drug-likeness (QED) is 0.399. The number of nitrogens with zero attached hydrogens (tertiary/aromatic N) is 2. The van der Waals surface area contributed by atoms with Crippen molar-refractivity contribution in [2.75, 3.05) is 18.1 Å². The second-order valence-corrected chi connectivity index (χ2v) is 4.97. The molecule has 26 heavy (non-hydrogen) atoms. The predicted octanol–water partition coefficient (Wildman–Crippen LogP) is 4.58. The van der Waals surface area contributed by atoms with E-state index < -0.39 is 0 Å². The van der Waals surface area contributed by atoms with Gasteiger partial charge in [0.25, 0.3) is 0 Å². The molecular formula is C20H22N4O2. The van der Waals surface area contributed by atoms with Crippen LogP contribution in [0.3, 0.4) is 0 Å². The second-order valence-electron chi connectivity index (χ2n) is 4.97. The van der Waals surface area contributed by atoms with Crippen LogP contribution in [0.5, 0.6) is 11.5 Å². The summed E-state index contributed by atoms with van der Waals surface area (Å²) in [5.41, 5.74) is 7.16. The molecular weight excluding hydrogens is 328 g/mol. The first-order valence-corrected chi connectivity index (χ1v) is 8.34. The van der Waals surface area contributed by atoms with Gasteiger partial charge in [0.1, 0.15) is 11.4 Å². The summed E-state index contributed by atoms with van der Waals surface area (Å²) in [6, 6.07) is 13.0. The van der Waals surface area contributed by atoms with Crippen LogP contribution in [0.25, 0.3) is 10.8 Å². The topological polar surface area (TPSA) is 89.6 Å². The lowest BCUT2D eigenvalue weighted by atomic mass is 10.1. The number of hydrogen-bond donors (Lipinski definition) is 2. The van der Waals surface area contributed by atoms with Crippen LogP contribution in [-0.2, 0) is 4.79 Å². The lowest BCUT2D eigenvalue weighted by molar-refractivity contribution is -0.102. The summed E-state index contributed by atoms with van der Waals surface area (Å²) in [6.07, 6.45) is 3.38. The molecule has 6 heteroatoms. The number of benzene rings is 2. The van der Waals surface area contributed by atoms with Gasteiger partial charge in [-0.25, -0.2) is 9.98 Å². The van der Waals surface area contributed by atoms with Gasteiger partial charge in [0.2, 0.25) is 0 Å². The SMILES string of the molecule is CC.CNc1nccc(Oc2ccc(N)c3ccccc23)c1N=CC=O. The fourth-order valence-corrected chi connectivity index (χ4v) is 2.43. The first-order valence-electron chi connectivity index (χ1n) is 8.34. The molecule has 1 heterocycles. The number of fused-ring (bicyclic) bond motifs is 1. The van der Waals surface area contributed by atoms with Crippen molar-refractivity contribution < 1.29 is 9.53 Å². The molecule has 0 spiro atoms. The zero-order valence-corrected chi connectivity index (χ0v) is 15.1. The van der Waals surface area contributed by atoms with Crippen LogP contribution in [-0.4, -0.2) is 24.5 Å². The molecule has 0 amide bonds. The largest absolute Gasteiger partial charge is 0.454 e. The van der Waals surface area contributed by atoms with Crippen molar-refractivity contribution in [3.05, 3.63) is 48.7 Å². The number of rotatable bonds is 5. The van der Waals surface area contributed by atoms with Crippen LogP contribution >= 0.6 is 0 Å². The van der Waals surface area contributed by atoms with Crippen molar-refractivity contribution in [1.82, 2.24) is 4.98 Å². The summed E-state index contributed by atoms with van der Waals surface area (Å²) in [5.74, 6) is 1.66. The van der Waals surface area contributed by atoms with Crippen molar-refractivity contribution in [1.29, 1.82) is 0 Å². The highest BCUT2D eigenvalue weighted by atomic mass is 16.5. The van der Waals surface area contributed by atoms with Gasteiger partial charge in [-0.05, 0) is 12.1 Å². The molecule has 0 saturated heterocycles. The van der Waals surface area contributed by atoms with Gasteiger partial charge in [0, 0.05) is 35.8 Å². The van der Waals surface area contributed by atoms with Gasteiger partial charge in [0.15, 0.2) is 17.9 Å². The molecule has 0 fully saturated rings. The minimum atomic E-state index is 0.452. The van der Waals surface area contributed by atoms with Gasteiger partial charge in [0.05, 0.1) is 6.21 Å². The lowest BCUT2D eigenvalue weighted by Gasteiger charge is -2.13. The first-order chi connectivity index (χ1) is 12.7. The van der Waals surface area contributed by atoms with Crippen molar-refractivity contribution in [3.8, 4) is 11.5 Å². The lowest BCUT2D eigenvalue weighted by Crippen LogP contribution is -1.96. The number of nitrogen functional groups attached to an aromatic ring is 1. The molecule has 3 aromatic rings. The molecule has 0 aliphatic rings. The first kappa shape index (κ1) is 18.9. The molecule has 0 bridgehead atoms. The minimum Gasteiger partial charge on any atom is -0.454 e. The Morgan fingerprint density at radius 2 is 1.81 bits per heavy atom. The van der Waals surface area contributed by atoms with Crippen molar-refractivity contribution in [2.24, 2.45) is 4.99 Å². The number of aldehydes is 1. The Morgan fingerprint density at radius 3 is 2.50 bits per heavy atom. The Morgan fingerprint density at radius 1 is 1.08 bits per heavy atom. The number of ether oxygens (including phenoxy) is 1. The fourth-order valence-electron chi connectivity index (χ4n) is 2.43. The average molecular weight is 350 g/mol. The smallest absolute Gasteiger partial charge is 0.161 e. The second kappa shape index (κ2) is 9.17. The Kier molecular flexibility index (Phi) is 6.68. The van der Waals surface area contributed by atoms with E-state index in [0.29, 0.717) is 35.0 Å². The van der Waals surface area contributed by atoms with Crippen LogP contribution in [0.15, 0.2) is 53.7 Å². The van der Waals surface area contributed by atoms with E-state index in [9.17, 15) is 4.79 Å². The molecule has 0 aliphatic heterocycles. The van der Waals surface area contributed by atoms with Crippen molar-refractivity contribution in [3.63, 3.8) is 0 Å². The summed E-state index contributed by atoms with van der Waals surface area (Å²) in [6.45, 7) is 4.00. The fraction of sp³-hybridized carbons (Fsp3) is 0.150. The van der Waals surface area contributed by atoms with Gasteiger partial charge >= 0.3 is 0 Å². The number of pyridine rings is 1. The van der Waals surface area contributed by atoms with E-state index in [0.717, 1.165) is 17.0 Å². The van der Waals surface area contributed by atoms with Gasteiger partial charge in [-0.1, -0.05) is 38.1 Å². The molecule has 0 radical (unpaired) electrons. The van der Waals surface area contributed by atoms with E-state index in [-0.39, 0.29) is 0 Å². The van der Waals surface area contributed by atoms with E-state index in [1.54, 1.807) is 25.4 Å². The molecule has 3 N–H and O–H groups in total. The van der Waals surface area contributed by atoms with Crippen molar-refractivity contribution in [2.45, 2.75) is 13.8 Å². The number of hydrogen-bond acceptors (Lipinski definition) is 6. The summed E-state index contributed by atoms with van der Waals surface area (Å²) < 4.78 is 6.05. The van der Waals surface area contributed by atoms with Gasteiger partial charge in [-0.2, -0.15) is 0 Å². The number of carbonyl (C=O) groups excluding carboxylic acids is 1. The van der Waals surface area contributed by atoms with Crippen molar-refractivity contribution >= 4 is 40.5 Å². The maximum Gasteiger partial charge on any atom is 0.161 e. The molecule has 0 atom stereocenters. The maximum atomic E-state index is 10.6. The van der Waals surface area contributed by atoms with Gasteiger partial charge in [-0.3, -0.25) is 4.79 Å². The Hall–Kier alpha value is -3.41. The number of nitrogens with two attached hydrogens (primary N) is 1. The zero-order valence-electron chi connectivity index (χ0n) is 15.1. The summed E-state index contributed by atoms with van der Waals surface area (Å²) in [4.78, 5) is 18.9. The minimum absolute atomic E-state index is 0.452. The summed E-state index contributed by atoms with van der Waals surface area (Å²) in [5, 5.41) is 4.74.